The fraction of sp³-hybridized carbons (Fsp3) is 0.400. The van der Waals surface area contributed by atoms with Crippen LogP contribution in [0.2, 0.25) is 0 Å². The van der Waals surface area contributed by atoms with Gasteiger partial charge >= 0.3 is 0 Å². The van der Waals surface area contributed by atoms with Crippen LogP contribution in [0, 0.1) is 12.7 Å². The van der Waals surface area contributed by atoms with Gasteiger partial charge in [0, 0.05) is 42.7 Å². The van der Waals surface area contributed by atoms with E-state index in [1.165, 1.54) is 12.1 Å². The Balaban J connectivity index is 1.37. The van der Waals surface area contributed by atoms with Gasteiger partial charge in [-0.3, -0.25) is 9.78 Å². The van der Waals surface area contributed by atoms with Crippen LogP contribution in [0.15, 0.2) is 43.0 Å². The molecule has 2 aromatic heterocycles. The second-order valence-electron chi connectivity index (χ2n) is 9.17. The Morgan fingerprint density at radius 2 is 1.97 bits per heavy atom. The van der Waals surface area contributed by atoms with Crippen LogP contribution in [0.5, 0.6) is 5.75 Å². The van der Waals surface area contributed by atoms with Gasteiger partial charge in [-0.2, -0.15) is 5.10 Å². The lowest BCUT2D eigenvalue weighted by Crippen LogP contribution is -2.45. The van der Waals surface area contributed by atoms with Crippen LogP contribution in [0.4, 0.5) is 8.78 Å². The highest BCUT2D eigenvalue weighted by atomic mass is 19.1. The van der Waals surface area contributed by atoms with Crippen molar-refractivity contribution in [2.24, 2.45) is 0 Å². The molecule has 1 aliphatic carbocycles. The van der Waals surface area contributed by atoms with Crippen molar-refractivity contribution in [1.82, 2.24) is 25.0 Å². The van der Waals surface area contributed by atoms with Crippen molar-refractivity contribution in [3.63, 3.8) is 0 Å². The first kappa shape index (κ1) is 22.5. The number of benzene rings is 1. The number of hydrogen-bond acceptors (Lipinski definition) is 5. The Morgan fingerprint density at radius 3 is 2.74 bits per heavy atom. The van der Waals surface area contributed by atoms with Crippen LogP contribution < -0.4 is 10.1 Å². The SMILES string of the molecule is Cc1cc(F)c(C(=O)NC2CC2)cc1-n1cc(-c2cncc(OC3CCN(C)C[C@H]3F)c2)cn1. The van der Waals surface area contributed by atoms with E-state index >= 15 is 0 Å². The summed E-state index contributed by atoms with van der Waals surface area (Å²) in [7, 11) is 1.90. The zero-order valence-electron chi connectivity index (χ0n) is 19.2. The number of aromatic nitrogens is 3. The van der Waals surface area contributed by atoms with Gasteiger partial charge in [-0.05, 0) is 57.0 Å². The minimum Gasteiger partial charge on any atom is -0.486 e. The molecule has 2 fully saturated rings. The largest absolute Gasteiger partial charge is 0.486 e. The van der Waals surface area contributed by atoms with Crippen molar-refractivity contribution in [2.45, 2.75) is 44.5 Å². The number of piperidine rings is 1. The number of carbonyl (C=O) groups excluding carboxylic acids is 1. The van der Waals surface area contributed by atoms with E-state index in [1.807, 2.05) is 18.0 Å². The normalized spacial score (nSPS) is 20.8. The van der Waals surface area contributed by atoms with E-state index in [-0.39, 0.29) is 11.6 Å². The summed E-state index contributed by atoms with van der Waals surface area (Å²) in [5.74, 6) is -0.469. The maximum atomic E-state index is 14.5. The summed E-state index contributed by atoms with van der Waals surface area (Å²) in [5.41, 5.74) is 2.80. The molecule has 7 nitrogen and oxygen atoms in total. The van der Waals surface area contributed by atoms with E-state index in [1.54, 1.807) is 36.4 Å². The van der Waals surface area contributed by atoms with E-state index in [0.29, 0.717) is 30.0 Å². The van der Waals surface area contributed by atoms with Gasteiger partial charge in [0.05, 0.1) is 23.6 Å². The Labute approximate surface area is 196 Å². The number of nitrogens with one attached hydrogen (secondary N) is 1. The van der Waals surface area contributed by atoms with Crippen LogP contribution in [0.25, 0.3) is 16.8 Å². The van der Waals surface area contributed by atoms with Gasteiger partial charge in [0.1, 0.15) is 23.8 Å². The molecule has 1 saturated heterocycles. The number of aryl methyl sites for hydroxylation is 1. The first-order valence-corrected chi connectivity index (χ1v) is 11.5. The highest BCUT2D eigenvalue weighted by Crippen LogP contribution is 2.27. The van der Waals surface area contributed by atoms with E-state index in [9.17, 15) is 13.6 Å². The van der Waals surface area contributed by atoms with E-state index in [4.69, 9.17) is 4.74 Å². The number of amides is 1. The van der Waals surface area contributed by atoms with Crippen molar-refractivity contribution in [3.05, 3.63) is 59.9 Å². The average molecular weight is 468 g/mol. The number of carbonyl (C=O) groups is 1. The van der Waals surface area contributed by atoms with Crippen LogP contribution >= 0.6 is 0 Å². The third kappa shape index (κ3) is 4.79. The Hall–Kier alpha value is -3.33. The molecule has 178 valence electrons. The molecular formula is C25H27F2N5O2. The molecule has 34 heavy (non-hydrogen) atoms. The first-order chi connectivity index (χ1) is 16.4. The zero-order valence-corrected chi connectivity index (χ0v) is 19.2. The molecule has 3 heterocycles. The number of alkyl halides is 1. The molecular weight excluding hydrogens is 440 g/mol. The summed E-state index contributed by atoms with van der Waals surface area (Å²) in [6.07, 6.45) is 7.62. The highest BCUT2D eigenvalue weighted by Gasteiger charge is 2.29. The Bertz CT molecular complexity index is 1210. The molecule has 1 aromatic carbocycles. The number of halogens is 2. The van der Waals surface area contributed by atoms with Gasteiger partial charge in [0.2, 0.25) is 0 Å². The Morgan fingerprint density at radius 1 is 1.15 bits per heavy atom. The molecule has 1 amide bonds. The predicted molar refractivity (Wildman–Crippen MR) is 123 cm³/mol. The van der Waals surface area contributed by atoms with Gasteiger partial charge in [0.15, 0.2) is 0 Å². The molecule has 9 heteroatoms. The number of likely N-dealkylation sites (tertiary alicyclic amines) is 1. The molecule has 1 aliphatic heterocycles. The number of rotatable bonds is 6. The summed E-state index contributed by atoms with van der Waals surface area (Å²) in [6, 6.07) is 4.82. The van der Waals surface area contributed by atoms with Crippen molar-refractivity contribution in [3.8, 4) is 22.6 Å². The van der Waals surface area contributed by atoms with E-state index < -0.39 is 24.0 Å². The summed E-state index contributed by atoms with van der Waals surface area (Å²) in [6.45, 7) is 2.90. The van der Waals surface area contributed by atoms with Crippen molar-refractivity contribution >= 4 is 5.91 Å². The standard InChI is InChI=1S/C25H27F2N5O2/c1-15-7-21(26)20(25(33)30-18-3-4-18)9-23(15)32-13-17(11-29-32)16-8-19(12-28-10-16)34-24-5-6-31(2)14-22(24)27/h7-13,18,22,24H,3-6,14H2,1-2H3,(H,30,33)/t22-,24?/m1/s1. The van der Waals surface area contributed by atoms with E-state index in [2.05, 4.69) is 15.4 Å². The fourth-order valence-electron chi connectivity index (χ4n) is 4.16. The lowest BCUT2D eigenvalue weighted by Gasteiger charge is -2.32. The molecule has 5 rings (SSSR count). The van der Waals surface area contributed by atoms with Crippen molar-refractivity contribution in [1.29, 1.82) is 0 Å². The third-order valence-electron chi connectivity index (χ3n) is 6.29. The summed E-state index contributed by atoms with van der Waals surface area (Å²) in [4.78, 5) is 18.6. The zero-order chi connectivity index (χ0) is 23.8. The van der Waals surface area contributed by atoms with E-state index in [0.717, 1.165) is 30.5 Å². The summed E-state index contributed by atoms with van der Waals surface area (Å²) < 4.78 is 36.4. The molecule has 1 saturated carbocycles. The highest BCUT2D eigenvalue weighted by molar-refractivity contribution is 5.95. The smallest absolute Gasteiger partial charge is 0.254 e. The summed E-state index contributed by atoms with van der Waals surface area (Å²) >= 11 is 0. The molecule has 1 N–H and O–H groups in total. The molecule has 0 radical (unpaired) electrons. The van der Waals surface area contributed by atoms with Crippen LogP contribution in [-0.2, 0) is 0 Å². The van der Waals surface area contributed by atoms with Crippen molar-refractivity contribution in [2.75, 3.05) is 20.1 Å². The van der Waals surface area contributed by atoms with Crippen molar-refractivity contribution < 1.29 is 18.3 Å². The number of nitrogens with zero attached hydrogens (tertiary/aromatic N) is 4. The van der Waals surface area contributed by atoms with Gasteiger partial charge < -0.3 is 15.0 Å². The molecule has 2 aliphatic rings. The number of hydrogen-bond donors (Lipinski definition) is 1. The van der Waals surface area contributed by atoms with Crippen LogP contribution in [0.1, 0.15) is 35.2 Å². The maximum absolute atomic E-state index is 14.5. The minimum absolute atomic E-state index is 0.000479. The monoisotopic (exact) mass is 467 g/mol. The second-order valence-corrected chi connectivity index (χ2v) is 9.17. The number of ether oxygens (including phenoxy) is 1. The summed E-state index contributed by atoms with van der Waals surface area (Å²) in [5, 5.41) is 7.25. The predicted octanol–water partition coefficient (Wildman–Crippen LogP) is 3.70. The van der Waals surface area contributed by atoms with Gasteiger partial charge in [-0.15, -0.1) is 0 Å². The quantitative estimate of drug-likeness (QED) is 0.599. The molecule has 0 bridgehead atoms. The van der Waals surface area contributed by atoms with Crippen LogP contribution in [-0.4, -0.2) is 64.0 Å². The van der Waals surface area contributed by atoms with Crippen LogP contribution in [0.3, 0.4) is 0 Å². The second kappa shape index (κ2) is 9.13. The number of pyridine rings is 1. The average Bonchev–Trinajstić information content (AvgIpc) is 3.48. The van der Waals surface area contributed by atoms with Gasteiger partial charge in [0.25, 0.3) is 5.91 Å². The minimum atomic E-state index is -1.06. The maximum Gasteiger partial charge on any atom is 0.254 e. The van der Waals surface area contributed by atoms with Gasteiger partial charge in [-0.1, -0.05) is 0 Å². The molecule has 0 spiro atoms. The van der Waals surface area contributed by atoms with Gasteiger partial charge in [-0.25, -0.2) is 13.5 Å². The fourth-order valence-corrected chi connectivity index (χ4v) is 4.16. The lowest BCUT2D eigenvalue weighted by atomic mass is 10.1. The third-order valence-corrected chi connectivity index (χ3v) is 6.29. The first-order valence-electron chi connectivity index (χ1n) is 11.5. The topological polar surface area (TPSA) is 72.3 Å². The molecule has 1 unspecified atom stereocenters. The lowest BCUT2D eigenvalue weighted by molar-refractivity contribution is 0.0312. The molecule has 3 aromatic rings. The Kier molecular flexibility index (Phi) is 6.03. The molecule has 2 atom stereocenters.